The third kappa shape index (κ3) is 3.22. The van der Waals surface area contributed by atoms with Crippen molar-refractivity contribution >= 4 is 116 Å². The van der Waals surface area contributed by atoms with Crippen LogP contribution >= 0.6 is 10.9 Å². The zero-order valence-corrected chi connectivity index (χ0v) is 33.3. The van der Waals surface area contributed by atoms with Gasteiger partial charge in [-0.3, -0.25) is 0 Å². The Bertz CT molecular complexity index is 4120. The molecular weight excluding hydrogens is 763 g/mol. The van der Waals surface area contributed by atoms with Gasteiger partial charge in [-0.1, -0.05) is 109 Å². The molecule has 9 aromatic carbocycles. The van der Waals surface area contributed by atoms with Crippen molar-refractivity contribution in [2.45, 2.75) is 14.7 Å². The first-order valence-corrected chi connectivity index (χ1v) is 22.5. The Morgan fingerprint density at radius 1 is 0.426 bits per heavy atom. The first-order valence-electron chi connectivity index (χ1n) is 21.2. The molecule has 0 saturated heterocycles. The topological polar surface area (TPSA) is 27.3 Å². The monoisotopic (exact) mass is 792 g/mol. The van der Waals surface area contributed by atoms with Crippen molar-refractivity contribution in [1.29, 1.82) is 0 Å². The van der Waals surface area contributed by atoms with Crippen LogP contribution in [-0.2, 0) is 0 Å². The summed E-state index contributed by atoms with van der Waals surface area (Å²) >= 11 is 0. The quantitative estimate of drug-likeness (QED) is 0.132. The standard InChI is InChI=1S/C54H29BN4OS/c1-2-13-29(14-3-1)56-37-20-6-5-16-31(37)34-27-36-52-46(50(34)56)33-18-11-26-45-49(33)59(52)53-47-40(58-39-22-8-9-23-42(39)60-43-24-12-19-35(51(43)58)55(36)47)28-41-54(53)61(45)44-25-10-17-32-30-15-4-7-21-38(30)57(41)48(32)44/h1-28,61H. The van der Waals surface area contributed by atoms with Crippen LogP contribution < -0.4 is 26.0 Å². The van der Waals surface area contributed by atoms with E-state index in [9.17, 15) is 0 Å². The molecule has 12 aromatic rings. The molecule has 5 aliphatic rings. The molecule has 0 fully saturated rings. The smallest absolute Gasteiger partial charge is 0.252 e. The SMILES string of the molecule is c1ccc(-n2c3ccccc3c3cc4c5c(c6cccc7c6n5-c5c6c(cc8c5[SH]7c5cccc7c9ccccc9n-8c57)N5c7ccccc7Oc7cccc(c75)B64)c32)cc1. The van der Waals surface area contributed by atoms with Crippen LogP contribution in [0, 0.1) is 0 Å². The molecule has 3 aromatic heterocycles. The minimum Gasteiger partial charge on any atom is -0.453 e. The number of anilines is 3. The van der Waals surface area contributed by atoms with E-state index in [0.717, 1.165) is 22.9 Å². The maximum atomic E-state index is 6.86. The molecule has 0 aliphatic carbocycles. The molecule has 0 radical (unpaired) electrons. The van der Waals surface area contributed by atoms with Crippen molar-refractivity contribution in [1.82, 2.24) is 13.7 Å². The molecule has 0 spiro atoms. The number of ether oxygens (including phenoxy) is 1. The second-order valence-corrected chi connectivity index (χ2v) is 19.3. The number of rotatable bonds is 1. The number of benzene rings is 9. The highest BCUT2D eigenvalue weighted by molar-refractivity contribution is 8.17. The number of thiol groups is 1. The second-order valence-electron chi connectivity index (χ2n) is 17.2. The van der Waals surface area contributed by atoms with Crippen molar-refractivity contribution in [2.75, 3.05) is 4.90 Å². The molecular formula is C54H29BN4OS. The highest BCUT2D eigenvalue weighted by Crippen LogP contribution is 2.67. The number of fused-ring (bicyclic) bond motifs is 16. The van der Waals surface area contributed by atoms with Crippen LogP contribution in [0.5, 0.6) is 11.5 Å². The van der Waals surface area contributed by atoms with Gasteiger partial charge in [-0.05, 0) is 77.1 Å². The van der Waals surface area contributed by atoms with Gasteiger partial charge in [0.1, 0.15) is 0 Å². The highest BCUT2D eigenvalue weighted by Gasteiger charge is 2.50. The normalized spacial score (nSPS) is 16.0. The predicted octanol–water partition coefficient (Wildman–Crippen LogP) is 11.8. The van der Waals surface area contributed by atoms with E-state index in [2.05, 4.69) is 188 Å². The molecule has 17 rings (SSSR count). The number of hydrogen-bond donors (Lipinski definition) is 1. The summed E-state index contributed by atoms with van der Waals surface area (Å²) in [4.78, 5) is 6.89. The van der Waals surface area contributed by atoms with Gasteiger partial charge < -0.3 is 23.3 Å². The first-order chi connectivity index (χ1) is 30.3. The van der Waals surface area contributed by atoms with Crippen molar-refractivity contribution in [3.8, 4) is 28.6 Å². The fourth-order valence-corrected chi connectivity index (χ4v) is 15.4. The van der Waals surface area contributed by atoms with Crippen LogP contribution in [0.4, 0.5) is 17.1 Å². The average Bonchev–Trinajstić information content (AvgIpc) is 3.96. The maximum absolute atomic E-state index is 6.86. The molecule has 1 unspecified atom stereocenters. The summed E-state index contributed by atoms with van der Waals surface area (Å²) in [6.07, 6.45) is 0. The lowest BCUT2D eigenvalue weighted by molar-refractivity contribution is 0.477. The van der Waals surface area contributed by atoms with Gasteiger partial charge in [-0.25, -0.2) is 0 Å². The molecule has 1 atom stereocenters. The fourth-order valence-electron chi connectivity index (χ4n) is 12.5. The molecule has 0 amide bonds. The number of nitrogens with zero attached hydrogens (tertiary/aromatic N) is 4. The molecule has 61 heavy (non-hydrogen) atoms. The Morgan fingerprint density at radius 2 is 1.10 bits per heavy atom. The zero-order chi connectivity index (χ0) is 39.0. The summed E-state index contributed by atoms with van der Waals surface area (Å²) in [7, 11) is -0.939. The summed E-state index contributed by atoms with van der Waals surface area (Å²) in [5, 5.41) is 7.85. The van der Waals surface area contributed by atoms with Crippen LogP contribution in [0.3, 0.4) is 0 Å². The van der Waals surface area contributed by atoms with Crippen molar-refractivity contribution < 1.29 is 4.74 Å². The average molecular weight is 793 g/mol. The molecule has 5 aliphatic heterocycles. The van der Waals surface area contributed by atoms with Gasteiger partial charge in [0.15, 0.2) is 11.5 Å². The Hall–Kier alpha value is -7.61. The summed E-state index contributed by atoms with van der Waals surface area (Å²) in [5.74, 6) is 1.79. The van der Waals surface area contributed by atoms with Crippen LogP contribution in [0.15, 0.2) is 185 Å². The molecule has 8 heterocycles. The Morgan fingerprint density at radius 3 is 1.95 bits per heavy atom. The lowest BCUT2D eigenvalue weighted by Gasteiger charge is -2.47. The molecule has 5 nitrogen and oxygen atoms in total. The zero-order valence-electron chi connectivity index (χ0n) is 32.4. The summed E-state index contributed by atoms with van der Waals surface area (Å²) in [6.45, 7) is -0.0186. The van der Waals surface area contributed by atoms with Crippen LogP contribution in [-0.4, -0.2) is 20.4 Å². The van der Waals surface area contributed by atoms with E-state index < -0.39 is 10.9 Å². The highest BCUT2D eigenvalue weighted by atomic mass is 32.2. The first kappa shape index (κ1) is 30.4. The molecule has 0 N–H and O–H groups in total. The second kappa shape index (κ2) is 10.0. The van der Waals surface area contributed by atoms with Gasteiger partial charge in [0.05, 0.1) is 55.8 Å². The van der Waals surface area contributed by atoms with Gasteiger partial charge in [-0.2, -0.15) is 10.9 Å². The summed E-state index contributed by atoms with van der Waals surface area (Å²) in [6, 6.07) is 63.8. The molecule has 7 heteroatoms. The van der Waals surface area contributed by atoms with Crippen LogP contribution in [0.2, 0.25) is 0 Å². The molecule has 0 bridgehead atoms. The van der Waals surface area contributed by atoms with E-state index in [0.29, 0.717) is 0 Å². The van der Waals surface area contributed by atoms with E-state index in [1.54, 1.807) is 0 Å². The van der Waals surface area contributed by atoms with Crippen LogP contribution in [0.1, 0.15) is 0 Å². The third-order valence-corrected chi connectivity index (χ3v) is 17.1. The van der Waals surface area contributed by atoms with E-state index in [1.807, 2.05) is 0 Å². The van der Waals surface area contributed by atoms with Crippen molar-refractivity contribution in [2.24, 2.45) is 0 Å². The van der Waals surface area contributed by atoms with Gasteiger partial charge in [0, 0.05) is 58.4 Å². The van der Waals surface area contributed by atoms with Gasteiger partial charge in [-0.15, -0.1) is 0 Å². The minimum atomic E-state index is -0.939. The van der Waals surface area contributed by atoms with E-state index >= 15 is 0 Å². The Kier molecular flexibility index (Phi) is 5.01. The summed E-state index contributed by atoms with van der Waals surface area (Å²) < 4.78 is 14.8. The third-order valence-electron chi connectivity index (χ3n) is 14.6. The van der Waals surface area contributed by atoms with E-state index in [1.165, 1.54) is 119 Å². The van der Waals surface area contributed by atoms with Crippen molar-refractivity contribution in [3.63, 3.8) is 0 Å². The fraction of sp³-hybridized carbons (Fsp3) is 0. The largest absolute Gasteiger partial charge is 0.453 e. The lowest BCUT2D eigenvalue weighted by Crippen LogP contribution is -2.61. The van der Waals surface area contributed by atoms with Crippen molar-refractivity contribution in [3.05, 3.63) is 170 Å². The lowest BCUT2D eigenvalue weighted by atomic mass is 9.33. The number of hydrogen-bond acceptors (Lipinski definition) is 2. The molecule has 280 valence electrons. The van der Waals surface area contributed by atoms with Crippen LogP contribution in [0.25, 0.3) is 82.5 Å². The van der Waals surface area contributed by atoms with Gasteiger partial charge in [0.25, 0.3) is 6.71 Å². The Balaban J connectivity index is 1.16. The number of para-hydroxylation sites is 8. The Labute approximate surface area is 351 Å². The van der Waals surface area contributed by atoms with E-state index in [-0.39, 0.29) is 6.71 Å². The maximum Gasteiger partial charge on any atom is 0.252 e. The molecule has 0 saturated carbocycles. The number of aromatic nitrogens is 3. The van der Waals surface area contributed by atoms with E-state index in [4.69, 9.17) is 4.74 Å². The van der Waals surface area contributed by atoms with Gasteiger partial charge in [0.2, 0.25) is 0 Å². The summed E-state index contributed by atoms with van der Waals surface area (Å²) in [5.41, 5.74) is 19.1. The minimum absolute atomic E-state index is 0.0186. The predicted molar refractivity (Wildman–Crippen MR) is 253 cm³/mol. The van der Waals surface area contributed by atoms with Gasteiger partial charge >= 0.3 is 0 Å².